The maximum absolute atomic E-state index is 12.6. The van der Waals surface area contributed by atoms with E-state index in [0.29, 0.717) is 19.4 Å². The molecule has 2 fully saturated rings. The lowest BCUT2D eigenvalue weighted by atomic mass is 10.1. The number of esters is 1. The van der Waals surface area contributed by atoms with Gasteiger partial charge >= 0.3 is 5.97 Å². The van der Waals surface area contributed by atoms with Crippen LogP contribution in [0.15, 0.2) is 0 Å². The first-order valence-electron chi connectivity index (χ1n) is 7.55. The smallest absolute Gasteiger partial charge is 0.310 e. The molecule has 122 valence electrons. The van der Waals surface area contributed by atoms with Crippen molar-refractivity contribution in [3.8, 4) is 0 Å². The van der Waals surface area contributed by atoms with Crippen LogP contribution in [0.2, 0.25) is 0 Å². The second-order valence-corrected chi connectivity index (χ2v) is 9.32. The number of nitrogens with one attached hydrogen (secondary N) is 1. The van der Waals surface area contributed by atoms with Crippen LogP contribution < -0.4 is 4.72 Å². The molecule has 0 aromatic rings. The third kappa shape index (κ3) is 3.74. The predicted octanol–water partition coefficient (Wildman–Crippen LogP) is 1.92. The van der Waals surface area contributed by atoms with Gasteiger partial charge in [0.2, 0.25) is 10.0 Å². The molecule has 2 aliphatic carbocycles. The zero-order chi connectivity index (χ0) is 15.5. The minimum absolute atomic E-state index is 0.0342. The lowest BCUT2D eigenvalue weighted by molar-refractivity contribution is -0.145. The van der Waals surface area contributed by atoms with Crippen LogP contribution in [0.4, 0.5) is 0 Å². The van der Waals surface area contributed by atoms with E-state index in [1.54, 1.807) is 11.8 Å². The highest BCUT2D eigenvalue weighted by molar-refractivity contribution is 8.00. The minimum atomic E-state index is -3.46. The van der Waals surface area contributed by atoms with Crippen molar-refractivity contribution in [2.45, 2.75) is 54.9 Å². The van der Waals surface area contributed by atoms with E-state index in [0.717, 1.165) is 32.1 Å². The van der Waals surface area contributed by atoms with Gasteiger partial charge in [-0.3, -0.25) is 4.79 Å². The third-order valence-corrected chi connectivity index (χ3v) is 8.23. The molecule has 1 N–H and O–H groups in total. The van der Waals surface area contributed by atoms with Gasteiger partial charge in [0.05, 0.1) is 18.3 Å². The molecule has 0 heterocycles. The molecule has 0 bridgehead atoms. The monoisotopic (exact) mass is 335 g/mol. The highest BCUT2D eigenvalue weighted by atomic mass is 32.2. The molecule has 2 aliphatic rings. The molecule has 2 saturated carbocycles. The average molecular weight is 335 g/mol. The Balaban J connectivity index is 2.02. The van der Waals surface area contributed by atoms with Gasteiger partial charge in [0.15, 0.2) is 0 Å². The Morgan fingerprint density at radius 1 is 1.29 bits per heavy atom. The Hall–Kier alpha value is -0.270. The number of rotatable bonds is 6. The van der Waals surface area contributed by atoms with Gasteiger partial charge in [0, 0.05) is 11.3 Å². The minimum Gasteiger partial charge on any atom is -0.469 e. The van der Waals surface area contributed by atoms with Crippen LogP contribution in [0.3, 0.4) is 0 Å². The van der Waals surface area contributed by atoms with Crippen molar-refractivity contribution in [2.75, 3.05) is 19.9 Å². The Morgan fingerprint density at radius 3 is 2.52 bits per heavy atom. The second kappa shape index (κ2) is 6.87. The third-order valence-electron chi connectivity index (χ3n) is 4.90. The van der Waals surface area contributed by atoms with Crippen molar-refractivity contribution in [3.05, 3.63) is 0 Å². The van der Waals surface area contributed by atoms with Gasteiger partial charge in [-0.15, -0.1) is 0 Å². The summed E-state index contributed by atoms with van der Waals surface area (Å²) >= 11 is 1.76. The van der Waals surface area contributed by atoms with E-state index in [-0.39, 0.29) is 4.75 Å². The Kier molecular flexibility index (Phi) is 5.59. The summed E-state index contributed by atoms with van der Waals surface area (Å²) < 4.78 is 32.7. The zero-order valence-corrected chi connectivity index (χ0v) is 14.4. The molecule has 0 saturated heterocycles. The molecule has 2 unspecified atom stereocenters. The van der Waals surface area contributed by atoms with Gasteiger partial charge in [-0.25, -0.2) is 13.1 Å². The first-order valence-corrected chi connectivity index (χ1v) is 10.3. The Morgan fingerprint density at radius 2 is 1.95 bits per heavy atom. The molecule has 5 nitrogen and oxygen atoms in total. The van der Waals surface area contributed by atoms with Crippen LogP contribution in [0.1, 0.15) is 44.9 Å². The SMILES string of the molecule is COC(=O)C1CCCC1S(=O)(=O)NCC1(SC)CCCC1. The normalized spacial score (nSPS) is 28.7. The lowest BCUT2D eigenvalue weighted by Crippen LogP contribution is -2.45. The first-order chi connectivity index (χ1) is 9.94. The van der Waals surface area contributed by atoms with Crippen LogP contribution in [-0.4, -0.2) is 44.3 Å². The van der Waals surface area contributed by atoms with Crippen molar-refractivity contribution in [1.29, 1.82) is 0 Å². The van der Waals surface area contributed by atoms with Crippen molar-refractivity contribution < 1.29 is 17.9 Å². The summed E-state index contributed by atoms with van der Waals surface area (Å²) in [7, 11) is -2.15. The van der Waals surface area contributed by atoms with Gasteiger partial charge in [0.25, 0.3) is 0 Å². The number of methoxy groups -OCH3 is 1. The fraction of sp³-hybridized carbons (Fsp3) is 0.929. The second-order valence-electron chi connectivity index (χ2n) is 6.06. The molecule has 21 heavy (non-hydrogen) atoms. The van der Waals surface area contributed by atoms with Gasteiger partial charge < -0.3 is 4.74 Å². The molecule has 0 amide bonds. The summed E-state index contributed by atoms with van der Waals surface area (Å²) in [5.41, 5.74) is 0. The number of thioether (sulfide) groups is 1. The van der Waals surface area contributed by atoms with Crippen LogP contribution >= 0.6 is 11.8 Å². The molecule has 2 atom stereocenters. The number of hydrogen-bond acceptors (Lipinski definition) is 5. The Labute approximate surface area is 131 Å². The number of ether oxygens (including phenoxy) is 1. The van der Waals surface area contributed by atoms with Crippen molar-refractivity contribution >= 4 is 27.8 Å². The summed E-state index contributed by atoms with van der Waals surface area (Å²) in [4.78, 5) is 11.7. The largest absolute Gasteiger partial charge is 0.469 e. The summed E-state index contributed by atoms with van der Waals surface area (Å²) in [5.74, 6) is -0.912. The van der Waals surface area contributed by atoms with Crippen molar-refractivity contribution in [1.82, 2.24) is 4.72 Å². The summed E-state index contributed by atoms with van der Waals surface area (Å²) in [5, 5.41) is -0.634. The van der Waals surface area contributed by atoms with E-state index >= 15 is 0 Å². The van der Waals surface area contributed by atoms with Crippen LogP contribution in [0, 0.1) is 5.92 Å². The number of hydrogen-bond donors (Lipinski definition) is 1. The standard InChI is InChI=1S/C14H25NO4S2/c1-19-13(16)11-6-5-7-12(11)21(17,18)15-10-14(20-2)8-3-4-9-14/h11-12,15H,3-10H2,1-2H3. The predicted molar refractivity (Wildman–Crippen MR) is 84.8 cm³/mol. The molecule has 0 radical (unpaired) electrons. The molecule has 2 rings (SSSR count). The summed E-state index contributed by atoms with van der Waals surface area (Å²) in [6, 6.07) is 0. The quantitative estimate of drug-likeness (QED) is 0.751. The molecule has 0 aromatic heterocycles. The lowest BCUT2D eigenvalue weighted by Gasteiger charge is -2.28. The van der Waals surface area contributed by atoms with Gasteiger partial charge in [0.1, 0.15) is 0 Å². The first kappa shape index (κ1) is 17.1. The number of sulfonamides is 1. The van der Waals surface area contributed by atoms with E-state index in [1.807, 2.05) is 6.26 Å². The van der Waals surface area contributed by atoms with Crippen LogP contribution in [0.5, 0.6) is 0 Å². The molecule has 0 aromatic carbocycles. The maximum atomic E-state index is 12.6. The molecule has 7 heteroatoms. The Bertz CT molecular complexity index is 471. The molecular weight excluding hydrogens is 310 g/mol. The average Bonchev–Trinajstić information content (AvgIpc) is 3.14. The summed E-state index contributed by atoms with van der Waals surface area (Å²) in [6.45, 7) is 0.473. The zero-order valence-electron chi connectivity index (χ0n) is 12.8. The summed E-state index contributed by atoms with van der Waals surface area (Å²) in [6.07, 6.45) is 8.40. The van der Waals surface area contributed by atoms with E-state index < -0.39 is 27.2 Å². The van der Waals surface area contributed by atoms with Crippen molar-refractivity contribution in [2.24, 2.45) is 5.92 Å². The maximum Gasteiger partial charge on any atom is 0.310 e. The van der Waals surface area contributed by atoms with E-state index in [9.17, 15) is 13.2 Å². The van der Waals surface area contributed by atoms with Gasteiger partial charge in [-0.05, 0) is 31.9 Å². The highest BCUT2D eigenvalue weighted by Gasteiger charge is 2.43. The fourth-order valence-corrected chi connectivity index (χ4v) is 6.38. The highest BCUT2D eigenvalue weighted by Crippen LogP contribution is 2.40. The number of carbonyl (C=O) groups excluding carboxylic acids is 1. The van der Waals surface area contributed by atoms with E-state index in [1.165, 1.54) is 7.11 Å². The van der Waals surface area contributed by atoms with Crippen LogP contribution in [-0.2, 0) is 19.6 Å². The van der Waals surface area contributed by atoms with Crippen LogP contribution in [0.25, 0.3) is 0 Å². The van der Waals surface area contributed by atoms with Gasteiger partial charge in [-0.2, -0.15) is 11.8 Å². The van der Waals surface area contributed by atoms with Gasteiger partial charge in [-0.1, -0.05) is 19.3 Å². The van der Waals surface area contributed by atoms with E-state index in [4.69, 9.17) is 4.74 Å². The fourth-order valence-electron chi connectivity index (χ4n) is 3.53. The number of carbonyl (C=O) groups is 1. The molecule has 0 aliphatic heterocycles. The molecular formula is C14H25NO4S2. The van der Waals surface area contributed by atoms with Crippen molar-refractivity contribution in [3.63, 3.8) is 0 Å². The van der Waals surface area contributed by atoms with E-state index in [2.05, 4.69) is 4.72 Å². The molecule has 0 spiro atoms. The topological polar surface area (TPSA) is 72.5 Å².